The highest BCUT2D eigenvalue weighted by atomic mass is 35.5. The van der Waals surface area contributed by atoms with E-state index in [9.17, 15) is 4.79 Å². The summed E-state index contributed by atoms with van der Waals surface area (Å²) < 4.78 is 11.2. The van der Waals surface area contributed by atoms with Crippen LogP contribution >= 0.6 is 24.8 Å². The van der Waals surface area contributed by atoms with Crippen LogP contribution in [0, 0.1) is 6.92 Å². The number of hydrogen-bond acceptors (Lipinski definition) is 6. The van der Waals surface area contributed by atoms with Crippen molar-refractivity contribution in [2.24, 2.45) is 0 Å². The van der Waals surface area contributed by atoms with Crippen LogP contribution in [0.4, 0.5) is 6.01 Å². The molecule has 7 nitrogen and oxygen atoms in total. The van der Waals surface area contributed by atoms with Gasteiger partial charge in [0.2, 0.25) is 5.91 Å². The van der Waals surface area contributed by atoms with E-state index >= 15 is 0 Å². The monoisotopic (exact) mass is 402 g/mol. The number of amides is 1. The van der Waals surface area contributed by atoms with Gasteiger partial charge < -0.3 is 24.3 Å². The van der Waals surface area contributed by atoms with Crippen molar-refractivity contribution in [2.75, 3.05) is 50.8 Å². The molecular formula is C17H24Cl2N4O3. The molecule has 2 aliphatic rings. The number of oxazole rings is 1. The summed E-state index contributed by atoms with van der Waals surface area (Å²) in [6.45, 7) is 6.72. The molecule has 2 aromatic rings. The number of benzene rings is 1. The van der Waals surface area contributed by atoms with Crippen molar-refractivity contribution in [3.05, 3.63) is 23.8 Å². The molecule has 0 aliphatic carbocycles. The van der Waals surface area contributed by atoms with Crippen molar-refractivity contribution in [1.29, 1.82) is 0 Å². The molecule has 2 aliphatic heterocycles. The number of aryl methyl sites for hydroxylation is 1. The number of morpholine rings is 1. The number of carbonyl (C=O) groups is 1. The molecule has 9 heteroatoms. The van der Waals surface area contributed by atoms with Gasteiger partial charge in [0.25, 0.3) is 6.01 Å². The van der Waals surface area contributed by atoms with E-state index in [1.54, 1.807) is 0 Å². The van der Waals surface area contributed by atoms with Crippen molar-refractivity contribution >= 4 is 47.8 Å². The first kappa shape index (κ1) is 20.8. The van der Waals surface area contributed by atoms with Crippen molar-refractivity contribution < 1.29 is 13.9 Å². The molecule has 2 saturated heterocycles. The van der Waals surface area contributed by atoms with E-state index in [1.807, 2.05) is 30.0 Å². The Balaban J connectivity index is 0.00000121. The molecule has 0 radical (unpaired) electrons. The van der Waals surface area contributed by atoms with Crippen molar-refractivity contribution in [2.45, 2.75) is 13.0 Å². The van der Waals surface area contributed by atoms with Crippen LogP contribution < -0.4 is 10.2 Å². The Hall–Kier alpha value is -1.54. The van der Waals surface area contributed by atoms with E-state index < -0.39 is 0 Å². The number of nitrogens with one attached hydrogen (secondary N) is 1. The molecule has 1 atom stereocenters. The number of carbonyl (C=O) groups excluding carboxylic acids is 1. The summed E-state index contributed by atoms with van der Waals surface area (Å²) in [4.78, 5) is 21.1. The standard InChI is InChI=1S/C17H22N4O3.2ClH/c1-12-2-3-15-13(10-12)19-17(24-15)21-7-5-20(6-8-21)16(22)14-11-23-9-4-18-14;;/h2-3,10,14,18H,4-9,11H2,1H3;2*1H. The van der Waals surface area contributed by atoms with Gasteiger partial charge in [0.05, 0.1) is 13.2 Å². The van der Waals surface area contributed by atoms with Gasteiger partial charge in [-0.25, -0.2) is 0 Å². The fourth-order valence-corrected chi connectivity index (χ4v) is 3.22. The Kier molecular flexibility index (Phi) is 7.11. The van der Waals surface area contributed by atoms with Gasteiger partial charge in [-0.2, -0.15) is 4.98 Å². The minimum atomic E-state index is -0.211. The second-order valence-electron chi connectivity index (χ2n) is 6.36. The summed E-state index contributed by atoms with van der Waals surface area (Å²) in [5.41, 5.74) is 2.85. The summed E-state index contributed by atoms with van der Waals surface area (Å²) in [7, 11) is 0. The quantitative estimate of drug-likeness (QED) is 0.822. The van der Waals surface area contributed by atoms with Crippen LogP contribution in [0.25, 0.3) is 11.1 Å². The predicted octanol–water partition coefficient (Wildman–Crippen LogP) is 1.62. The first-order chi connectivity index (χ1) is 11.7. The Morgan fingerprint density at radius 1 is 1.23 bits per heavy atom. The fraction of sp³-hybridized carbons (Fsp3) is 0.529. The van der Waals surface area contributed by atoms with E-state index in [4.69, 9.17) is 9.15 Å². The number of aromatic nitrogens is 1. The number of nitrogens with zero attached hydrogens (tertiary/aromatic N) is 3. The molecule has 1 N–H and O–H groups in total. The molecule has 1 amide bonds. The van der Waals surface area contributed by atoms with Gasteiger partial charge >= 0.3 is 0 Å². The molecule has 0 bridgehead atoms. The Morgan fingerprint density at radius 3 is 2.69 bits per heavy atom. The van der Waals surface area contributed by atoms with Gasteiger partial charge in [-0.15, -0.1) is 24.8 Å². The third-order valence-corrected chi connectivity index (χ3v) is 4.61. The molecule has 4 rings (SSSR count). The van der Waals surface area contributed by atoms with Crippen LogP contribution in [0.2, 0.25) is 0 Å². The summed E-state index contributed by atoms with van der Waals surface area (Å²) in [6.07, 6.45) is 0. The van der Waals surface area contributed by atoms with Crippen LogP contribution in [0.15, 0.2) is 22.6 Å². The number of fused-ring (bicyclic) bond motifs is 1. The van der Waals surface area contributed by atoms with E-state index in [0.717, 1.165) is 30.7 Å². The van der Waals surface area contributed by atoms with Gasteiger partial charge in [-0.3, -0.25) is 4.79 Å². The van der Waals surface area contributed by atoms with Gasteiger partial charge in [-0.05, 0) is 24.6 Å². The molecule has 144 valence electrons. The summed E-state index contributed by atoms with van der Waals surface area (Å²) in [5, 5.41) is 3.22. The van der Waals surface area contributed by atoms with Crippen molar-refractivity contribution in [1.82, 2.24) is 15.2 Å². The average Bonchev–Trinajstić information content (AvgIpc) is 3.05. The van der Waals surface area contributed by atoms with Crippen LogP contribution in [0.5, 0.6) is 0 Å². The minimum Gasteiger partial charge on any atom is -0.423 e. The van der Waals surface area contributed by atoms with E-state index in [2.05, 4.69) is 15.2 Å². The number of hydrogen-bond donors (Lipinski definition) is 1. The highest BCUT2D eigenvalue weighted by molar-refractivity contribution is 5.85. The van der Waals surface area contributed by atoms with Gasteiger partial charge in [0.15, 0.2) is 5.58 Å². The number of rotatable bonds is 2. The summed E-state index contributed by atoms with van der Waals surface area (Å²) >= 11 is 0. The Morgan fingerprint density at radius 2 is 2.00 bits per heavy atom. The normalized spacial score (nSPS) is 20.4. The average molecular weight is 403 g/mol. The first-order valence-corrected chi connectivity index (χ1v) is 8.43. The zero-order valence-corrected chi connectivity index (χ0v) is 16.3. The highest BCUT2D eigenvalue weighted by Crippen LogP contribution is 2.23. The van der Waals surface area contributed by atoms with Crippen molar-refractivity contribution in [3.8, 4) is 0 Å². The predicted molar refractivity (Wildman–Crippen MR) is 105 cm³/mol. The molecule has 1 unspecified atom stereocenters. The minimum absolute atomic E-state index is 0. The zero-order chi connectivity index (χ0) is 16.5. The van der Waals surface area contributed by atoms with Crippen LogP contribution in [0.1, 0.15) is 5.56 Å². The zero-order valence-electron chi connectivity index (χ0n) is 14.6. The second-order valence-corrected chi connectivity index (χ2v) is 6.36. The molecule has 2 fully saturated rings. The molecule has 0 spiro atoms. The molecule has 26 heavy (non-hydrogen) atoms. The largest absolute Gasteiger partial charge is 0.423 e. The van der Waals surface area contributed by atoms with E-state index in [-0.39, 0.29) is 36.8 Å². The molecule has 1 aromatic heterocycles. The number of halogens is 2. The van der Waals surface area contributed by atoms with E-state index in [1.165, 1.54) is 5.56 Å². The van der Waals surface area contributed by atoms with Crippen LogP contribution in [-0.4, -0.2) is 67.8 Å². The Bertz CT molecular complexity index is 741. The lowest BCUT2D eigenvalue weighted by molar-refractivity contribution is -0.136. The molecule has 3 heterocycles. The topological polar surface area (TPSA) is 70.8 Å². The second kappa shape index (κ2) is 8.90. The first-order valence-electron chi connectivity index (χ1n) is 8.43. The maximum absolute atomic E-state index is 12.5. The third kappa shape index (κ3) is 4.23. The number of ether oxygens (including phenoxy) is 1. The lowest BCUT2D eigenvalue weighted by atomic mass is 10.2. The third-order valence-electron chi connectivity index (χ3n) is 4.61. The highest BCUT2D eigenvalue weighted by Gasteiger charge is 2.29. The Labute approximate surface area is 164 Å². The van der Waals surface area contributed by atoms with Gasteiger partial charge in [0.1, 0.15) is 11.6 Å². The fourth-order valence-electron chi connectivity index (χ4n) is 3.22. The smallest absolute Gasteiger partial charge is 0.298 e. The SMILES string of the molecule is Cc1ccc2oc(N3CCN(C(=O)C4COCCN4)CC3)nc2c1.Cl.Cl. The number of piperazine rings is 1. The van der Waals surface area contributed by atoms with Crippen LogP contribution in [-0.2, 0) is 9.53 Å². The lowest BCUT2D eigenvalue weighted by Crippen LogP contribution is -2.57. The molecule has 0 saturated carbocycles. The van der Waals surface area contributed by atoms with E-state index in [0.29, 0.717) is 32.3 Å². The van der Waals surface area contributed by atoms with Crippen LogP contribution in [0.3, 0.4) is 0 Å². The van der Waals surface area contributed by atoms with Gasteiger partial charge in [-0.1, -0.05) is 6.07 Å². The maximum Gasteiger partial charge on any atom is 0.298 e. The summed E-state index contributed by atoms with van der Waals surface area (Å²) in [5.74, 6) is 0.127. The van der Waals surface area contributed by atoms with Crippen molar-refractivity contribution in [3.63, 3.8) is 0 Å². The molecular weight excluding hydrogens is 379 g/mol. The lowest BCUT2D eigenvalue weighted by Gasteiger charge is -2.36. The number of anilines is 1. The molecule has 1 aromatic carbocycles. The maximum atomic E-state index is 12.5. The summed E-state index contributed by atoms with van der Waals surface area (Å²) in [6, 6.07) is 6.43. The van der Waals surface area contributed by atoms with Gasteiger partial charge in [0, 0.05) is 32.7 Å².